The Balaban J connectivity index is 1.99. The van der Waals surface area contributed by atoms with E-state index in [4.69, 9.17) is 14.0 Å². The van der Waals surface area contributed by atoms with E-state index in [-0.39, 0.29) is 5.91 Å². The van der Waals surface area contributed by atoms with Gasteiger partial charge in [-0.1, -0.05) is 17.3 Å². The average molecular weight is 386 g/mol. The second kappa shape index (κ2) is 7.63. The van der Waals surface area contributed by atoms with Gasteiger partial charge in [0.15, 0.2) is 0 Å². The highest BCUT2D eigenvalue weighted by atomic mass is 32.1. The van der Waals surface area contributed by atoms with Crippen LogP contribution in [0.15, 0.2) is 34.2 Å². The minimum Gasteiger partial charge on any atom is -0.497 e. The van der Waals surface area contributed by atoms with Gasteiger partial charge in [-0.15, -0.1) is 11.3 Å². The Bertz CT molecular complexity index is 969. The summed E-state index contributed by atoms with van der Waals surface area (Å²) in [5.41, 5.74) is 2.61. The van der Waals surface area contributed by atoms with Crippen LogP contribution in [-0.4, -0.2) is 31.3 Å². The number of hydrogen-bond donors (Lipinski definition) is 1. The quantitative estimate of drug-likeness (QED) is 0.665. The lowest BCUT2D eigenvalue weighted by molar-refractivity contribution is 0.0603. The maximum atomic E-state index is 12.6. The number of anilines is 1. The molecular weight excluding hydrogens is 368 g/mol. The summed E-state index contributed by atoms with van der Waals surface area (Å²) >= 11 is 1.25. The number of hydrogen-bond acceptors (Lipinski definition) is 7. The van der Waals surface area contributed by atoms with Gasteiger partial charge in [-0.05, 0) is 31.5 Å². The van der Waals surface area contributed by atoms with Crippen molar-refractivity contribution in [2.45, 2.75) is 13.8 Å². The Morgan fingerprint density at radius 3 is 2.37 bits per heavy atom. The van der Waals surface area contributed by atoms with E-state index in [0.717, 1.165) is 5.56 Å². The summed E-state index contributed by atoms with van der Waals surface area (Å²) in [6.45, 7) is 3.34. The Hall–Kier alpha value is -3.13. The van der Waals surface area contributed by atoms with Crippen LogP contribution < -0.4 is 10.1 Å². The molecule has 0 aliphatic heterocycles. The second-order valence-electron chi connectivity index (χ2n) is 5.73. The van der Waals surface area contributed by atoms with E-state index in [1.165, 1.54) is 18.4 Å². The van der Waals surface area contributed by atoms with E-state index >= 15 is 0 Å². The van der Waals surface area contributed by atoms with Gasteiger partial charge in [0.05, 0.1) is 19.9 Å². The number of carbonyl (C=O) groups is 2. The summed E-state index contributed by atoms with van der Waals surface area (Å²) < 4.78 is 15.1. The summed E-state index contributed by atoms with van der Waals surface area (Å²) in [7, 11) is 2.89. The van der Waals surface area contributed by atoms with Crippen molar-refractivity contribution in [2.24, 2.45) is 0 Å². The van der Waals surface area contributed by atoms with Gasteiger partial charge in [-0.25, -0.2) is 4.79 Å². The maximum absolute atomic E-state index is 12.6. The van der Waals surface area contributed by atoms with E-state index in [0.29, 0.717) is 38.9 Å². The van der Waals surface area contributed by atoms with Gasteiger partial charge in [0.25, 0.3) is 5.91 Å². The number of nitrogens with zero attached hydrogens (tertiary/aromatic N) is 1. The van der Waals surface area contributed by atoms with Crippen LogP contribution in [-0.2, 0) is 4.74 Å². The number of amides is 1. The van der Waals surface area contributed by atoms with E-state index in [1.807, 2.05) is 12.1 Å². The van der Waals surface area contributed by atoms with Crippen LogP contribution >= 0.6 is 11.3 Å². The van der Waals surface area contributed by atoms with Crippen molar-refractivity contribution < 1.29 is 23.6 Å². The minimum absolute atomic E-state index is 0.299. The predicted molar refractivity (Wildman–Crippen MR) is 102 cm³/mol. The lowest BCUT2D eigenvalue weighted by atomic mass is 10.0. The zero-order chi connectivity index (χ0) is 19.6. The van der Waals surface area contributed by atoms with Crippen molar-refractivity contribution in [3.8, 4) is 16.9 Å². The van der Waals surface area contributed by atoms with Crippen molar-refractivity contribution in [3.05, 3.63) is 52.2 Å². The van der Waals surface area contributed by atoms with Crippen molar-refractivity contribution in [1.82, 2.24) is 5.16 Å². The molecule has 0 radical (unpaired) electrons. The largest absolute Gasteiger partial charge is 0.497 e. The smallest absolute Gasteiger partial charge is 0.341 e. The molecule has 7 nitrogen and oxygen atoms in total. The first-order valence-electron chi connectivity index (χ1n) is 8.04. The van der Waals surface area contributed by atoms with Gasteiger partial charge in [0, 0.05) is 10.9 Å². The van der Waals surface area contributed by atoms with Crippen LogP contribution in [0.3, 0.4) is 0 Å². The monoisotopic (exact) mass is 386 g/mol. The normalized spacial score (nSPS) is 10.5. The SMILES string of the molecule is COC(=O)c1c(-c2ccc(OC)cc2)csc1NC(=O)c1c(C)noc1C. The average Bonchev–Trinajstić information content (AvgIpc) is 3.24. The van der Waals surface area contributed by atoms with E-state index in [9.17, 15) is 9.59 Å². The van der Waals surface area contributed by atoms with Crippen molar-refractivity contribution in [1.29, 1.82) is 0 Å². The molecule has 2 heterocycles. The number of esters is 1. The lowest BCUT2D eigenvalue weighted by Crippen LogP contribution is -2.15. The molecule has 0 atom stereocenters. The minimum atomic E-state index is -0.531. The summed E-state index contributed by atoms with van der Waals surface area (Å²) in [6.07, 6.45) is 0. The molecule has 0 aliphatic rings. The number of rotatable bonds is 5. The standard InChI is InChI=1S/C19H18N2O5S/c1-10-15(11(2)26-21-10)17(22)20-18-16(19(23)25-4)14(9-27-18)12-5-7-13(24-3)8-6-12/h5-9H,1-4H3,(H,20,22). The number of nitrogens with one attached hydrogen (secondary N) is 1. The number of ether oxygens (including phenoxy) is 2. The molecule has 1 amide bonds. The molecule has 140 valence electrons. The number of methoxy groups -OCH3 is 2. The summed E-state index contributed by atoms with van der Waals surface area (Å²) in [5, 5.41) is 8.77. The lowest BCUT2D eigenvalue weighted by Gasteiger charge is -2.08. The van der Waals surface area contributed by atoms with E-state index in [1.54, 1.807) is 38.5 Å². The van der Waals surface area contributed by atoms with Gasteiger partial charge in [0.1, 0.15) is 27.6 Å². The van der Waals surface area contributed by atoms with Crippen LogP contribution in [0.5, 0.6) is 5.75 Å². The Morgan fingerprint density at radius 2 is 1.81 bits per heavy atom. The molecule has 3 aromatic rings. The molecule has 0 unspecified atom stereocenters. The fraction of sp³-hybridized carbons (Fsp3) is 0.211. The van der Waals surface area contributed by atoms with Gasteiger partial charge >= 0.3 is 5.97 Å². The number of aromatic nitrogens is 1. The topological polar surface area (TPSA) is 90.7 Å². The Labute approximate surface area is 159 Å². The summed E-state index contributed by atoms with van der Waals surface area (Å²) in [4.78, 5) is 25.0. The Morgan fingerprint density at radius 1 is 1.11 bits per heavy atom. The first-order valence-corrected chi connectivity index (χ1v) is 8.92. The molecule has 0 spiro atoms. The third kappa shape index (κ3) is 3.56. The molecule has 0 saturated carbocycles. The first-order chi connectivity index (χ1) is 13.0. The van der Waals surface area contributed by atoms with E-state index < -0.39 is 5.97 Å². The van der Waals surface area contributed by atoms with Gasteiger partial charge in [-0.2, -0.15) is 0 Å². The molecule has 0 bridgehead atoms. The van der Waals surface area contributed by atoms with Crippen LogP contribution in [0.25, 0.3) is 11.1 Å². The van der Waals surface area contributed by atoms with Crippen LogP contribution in [0, 0.1) is 13.8 Å². The molecule has 2 aromatic heterocycles. The fourth-order valence-corrected chi connectivity index (χ4v) is 3.66. The summed E-state index contributed by atoms with van der Waals surface area (Å²) in [6, 6.07) is 7.28. The number of aryl methyl sites for hydroxylation is 2. The van der Waals surface area contributed by atoms with Crippen LogP contribution in [0.4, 0.5) is 5.00 Å². The third-order valence-corrected chi connectivity index (χ3v) is 4.96. The van der Waals surface area contributed by atoms with Gasteiger partial charge in [-0.3, -0.25) is 4.79 Å². The third-order valence-electron chi connectivity index (χ3n) is 4.07. The van der Waals surface area contributed by atoms with E-state index in [2.05, 4.69) is 10.5 Å². The molecule has 27 heavy (non-hydrogen) atoms. The molecule has 0 saturated heterocycles. The molecular formula is C19H18N2O5S. The first kappa shape index (κ1) is 18.7. The maximum Gasteiger partial charge on any atom is 0.341 e. The van der Waals surface area contributed by atoms with Crippen LogP contribution in [0.1, 0.15) is 32.2 Å². The molecule has 1 aromatic carbocycles. The molecule has 0 aliphatic carbocycles. The highest BCUT2D eigenvalue weighted by molar-refractivity contribution is 7.15. The zero-order valence-electron chi connectivity index (χ0n) is 15.3. The van der Waals surface area contributed by atoms with Gasteiger partial charge in [0.2, 0.25) is 0 Å². The predicted octanol–water partition coefficient (Wildman–Crippen LogP) is 4.07. The van der Waals surface area contributed by atoms with Crippen LogP contribution in [0.2, 0.25) is 0 Å². The van der Waals surface area contributed by atoms with Crippen molar-refractivity contribution in [3.63, 3.8) is 0 Å². The highest BCUT2D eigenvalue weighted by Crippen LogP contribution is 2.37. The molecule has 0 fully saturated rings. The fourth-order valence-electron chi connectivity index (χ4n) is 2.71. The van der Waals surface area contributed by atoms with Gasteiger partial charge < -0.3 is 19.3 Å². The zero-order valence-corrected chi connectivity index (χ0v) is 16.1. The van der Waals surface area contributed by atoms with Crippen molar-refractivity contribution >= 4 is 28.2 Å². The second-order valence-corrected chi connectivity index (χ2v) is 6.61. The molecule has 1 N–H and O–H groups in total. The Kier molecular flexibility index (Phi) is 5.27. The number of thiophene rings is 1. The molecule has 8 heteroatoms. The highest BCUT2D eigenvalue weighted by Gasteiger charge is 2.25. The van der Waals surface area contributed by atoms with Crippen molar-refractivity contribution in [2.75, 3.05) is 19.5 Å². The number of benzene rings is 1. The number of carbonyl (C=O) groups excluding carboxylic acids is 2. The summed E-state index contributed by atoms with van der Waals surface area (Å²) in [5.74, 6) is 0.202. The molecule has 3 rings (SSSR count).